The van der Waals surface area contributed by atoms with Gasteiger partial charge in [0.15, 0.2) is 0 Å². The van der Waals surface area contributed by atoms with Crippen molar-refractivity contribution >= 4 is 16.5 Å². The van der Waals surface area contributed by atoms with Gasteiger partial charge in [-0.25, -0.2) is 4.39 Å². The smallest absolute Gasteiger partial charge is 0.258 e. The van der Waals surface area contributed by atoms with E-state index in [4.69, 9.17) is 0 Å². The molecule has 0 bridgehead atoms. The molecule has 1 aliphatic carbocycles. The van der Waals surface area contributed by atoms with Gasteiger partial charge in [-0.05, 0) is 66.0 Å². The summed E-state index contributed by atoms with van der Waals surface area (Å²) in [5.74, 6) is 1.30. The van der Waals surface area contributed by atoms with E-state index in [1.54, 1.807) is 18.2 Å². The summed E-state index contributed by atoms with van der Waals surface area (Å²) in [4.78, 5) is 10.5. The van der Waals surface area contributed by atoms with Gasteiger partial charge in [0.1, 0.15) is 5.82 Å². The first-order valence-electron chi connectivity index (χ1n) is 9.94. The Kier molecular flexibility index (Phi) is 5.12. The van der Waals surface area contributed by atoms with Gasteiger partial charge < -0.3 is 0 Å². The fraction of sp³-hybridized carbons (Fsp3) is 0.333. The van der Waals surface area contributed by atoms with Gasteiger partial charge in [-0.1, -0.05) is 49.4 Å². The predicted molar refractivity (Wildman–Crippen MR) is 110 cm³/mol. The number of halogens is 1. The maximum atomic E-state index is 14.1. The highest BCUT2D eigenvalue weighted by atomic mass is 19.1. The third kappa shape index (κ3) is 3.64. The normalized spacial score (nSPS) is 20.4. The first-order valence-corrected chi connectivity index (χ1v) is 9.94. The van der Waals surface area contributed by atoms with Crippen LogP contribution < -0.4 is 0 Å². The molecule has 0 radical (unpaired) electrons. The minimum atomic E-state index is -0.351. The molecule has 3 nitrogen and oxygen atoms in total. The summed E-state index contributed by atoms with van der Waals surface area (Å²) in [6.07, 6.45) is 4.49. The average molecular weight is 377 g/mol. The molecular formula is C24H24FNO2. The largest absolute Gasteiger partial charge is 0.269 e. The number of non-ortho nitro benzene ring substituents is 1. The highest BCUT2D eigenvalue weighted by Crippen LogP contribution is 2.43. The number of hydrogen-bond donors (Lipinski definition) is 0. The fourth-order valence-electron chi connectivity index (χ4n) is 4.80. The fourth-order valence-corrected chi connectivity index (χ4v) is 4.80. The number of rotatable bonds is 5. The van der Waals surface area contributed by atoms with Crippen LogP contribution in [0, 0.1) is 21.8 Å². The van der Waals surface area contributed by atoms with Crippen molar-refractivity contribution in [2.45, 2.75) is 44.4 Å². The van der Waals surface area contributed by atoms with Crippen molar-refractivity contribution in [2.75, 3.05) is 0 Å². The summed E-state index contributed by atoms with van der Waals surface area (Å²) in [5, 5.41) is 12.5. The number of nitro groups is 1. The van der Waals surface area contributed by atoms with Crippen LogP contribution >= 0.6 is 0 Å². The van der Waals surface area contributed by atoms with E-state index in [2.05, 4.69) is 6.92 Å². The molecule has 28 heavy (non-hydrogen) atoms. The Hall–Kier alpha value is -2.75. The molecular weight excluding hydrogens is 353 g/mol. The molecule has 0 aliphatic heterocycles. The van der Waals surface area contributed by atoms with Gasteiger partial charge >= 0.3 is 0 Å². The van der Waals surface area contributed by atoms with E-state index in [9.17, 15) is 14.5 Å². The molecule has 0 heterocycles. The minimum Gasteiger partial charge on any atom is -0.258 e. The second kappa shape index (κ2) is 7.70. The summed E-state index contributed by atoms with van der Waals surface area (Å²) in [6.45, 7) is 2.24. The van der Waals surface area contributed by atoms with Crippen LogP contribution in [-0.4, -0.2) is 4.92 Å². The third-order valence-corrected chi connectivity index (χ3v) is 6.24. The molecule has 1 aliphatic rings. The monoisotopic (exact) mass is 377 g/mol. The number of benzene rings is 3. The quantitative estimate of drug-likeness (QED) is 0.356. The Balaban J connectivity index is 1.46. The van der Waals surface area contributed by atoms with E-state index in [0.717, 1.165) is 24.6 Å². The summed E-state index contributed by atoms with van der Waals surface area (Å²) < 4.78 is 14.1. The summed E-state index contributed by atoms with van der Waals surface area (Å²) >= 11 is 0. The van der Waals surface area contributed by atoms with Crippen LogP contribution in [0.15, 0.2) is 60.7 Å². The maximum Gasteiger partial charge on any atom is 0.269 e. The van der Waals surface area contributed by atoms with E-state index in [-0.39, 0.29) is 16.4 Å². The van der Waals surface area contributed by atoms with Gasteiger partial charge in [0, 0.05) is 17.5 Å². The van der Waals surface area contributed by atoms with Crippen molar-refractivity contribution in [2.24, 2.45) is 5.92 Å². The Morgan fingerprint density at radius 2 is 1.75 bits per heavy atom. The maximum absolute atomic E-state index is 14.1. The predicted octanol–water partition coefficient (Wildman–Crippen LogP) is 6.96. The van der Waals surface area contributed by atoms with Crippen LogP contribution in [0.25, 0.3) is 10.8 Å². The highest BCUT2D eigenvalue weighted by Gasteiger charge is 2.28. The zero-order valence-corrected chi connectivity index (χ0v) is 16.0. The Morgan fingerprint density at radius 3 is 2.46 bits per heavy atom. The topological polar surface area (TPSA) is 43.1 Å². The van der Waals surface area contributed by atoms with Gasteiger partial charge in [-0.2, -0.15) is 0 Å². The third-order valence-electron chi connectivity index (χ3n) is 6.24. The lowest BCUT2D eigenvalue weighted by molar-refractivity contribution is -0.384. The van der Waals surface area contributed by atoms with Crippen molar-refractivity contribution in [3.05, 3.63) is 87.7 Å². The van der Waals surface area contributed by atoms with Crippen LogP contribution in [0.5, 0.6) is 0 Å². The van der Waals surface area contributed by atoms with Gasteiger partial charge in [0.2, 0.25) is 0 Å². The summed E-state index contributed by atoms with van der Waals surface area (Å²) in [5.41, 5.74) is 2.57. The van der Waals surface area contributed by atoms with Crippen LogP contribution in [0.3, 0.4) is 0 Å². The zero-order valence-electron chi connectivity index (χ0n) is 16.0. The van der Waals surface area contributed by atoms with Crippen molar-refractivity contribution in [3.8, 4) is 0 Å². The van der Waals surface area contributed by atoms with Crippen LogP contribution in [0.4, 0.5) is 10.1 Å². The van der Waals surface area contributed by atoms with Crippen LogP contribution in [-0.2, 0) is 0 Å². The second-order valence-electron chi connectivity index (χ2n) is 8.04. The van der Waals surface area contributed by atoms with Gasteiger partial charge in [-0.3, -0.25) is 10.1 Å². The van der Waals surface area contributed by atoms with Crippen LogP contribution in [0.2, 0.25) is 0 Å². The van der Waals surface area contributed by atoms with Crippen molar-refractivity contribution in [1.29, 1.82) is 0 Å². The molecule has 1 saturated carbocycles. The molecule has 0 saturated heterocycles. The van der Waals surface area contributed by atoms with Crippen LogP contribution in [0.1, 0.15) is 55.6 Å². The van der Waals surface area contributed by atoms with Crippen molar-refractivity contribution < 1.29 is 9.31 Å². The lowest BCUT2D eigenvalue weighted by atomic mass is 9.86. The van der Waals surface area contributed by atoms with Gasteiger partial charge in [-0.15, -0.1) is 0 Å². The minimum absolute atomic E-state index is 0.148. The lowest BCUT2D eigenvalue weighted by Crippen LogP contribution is -2.04. The van der Waals surface area contributed by atoms with Crippen molar-refractivity contribution in [3.63, 3.8) is 0 Å². The lowest BCUT2D eigenvalue weighted by Gasteiger charge is -2.19. The molecule has 1 fully saturated rings. The molecule has 0 N–H and O–H groups in total. The standard InChI is InChI=1S/C24H24FNO2/c1-16(21-12-13-24(25)23-5-3-2-4-22(21)23)14-17-6-7-19(15-17)18-8-10-20(11-9-18)26(27)28/h2-5,8-13,16-17,19H,6-7,14-15H2,1H3/t16-,17+,19+/m0/s1. The molecule has 3 aromatic rings. The molecule has 144 valence electrons. The number of nitro benzene ring substituents is 1. The SMILES string of the molecule is C[C@@H](C[C@H]1CC[C@@H](c2ccc([N+](=O)[O-])cc2)C1)c1ccc(F)c2ccccc12. The molecule has 0 amide bonds. The van der Waals surface area contributed by atoms with Gasteiger partial charge in [0.05, 0.1) is 4.92 Å². The number of nitrogens with zero attached hydrogens (tertiary/aromatic N) is 1. The number of hydrogen-bond acceptors (Lipinski definition) is 2. The molecule has 0 aromatic heterocycles. The van der Waals surface area contributed by atoms with E-state index in [1.165, 1.54) is 17.5 Å². The second-order valence-corrected chi connectivity index (χ2v) is 8.04. The summed E-state index contributed by atoms with van der Waals surface area (Å²) in [6, 6.07) is 18.3. The molecule has 4 rings (SSSR count). The molecule has 0 unspecified atom stereocenters. The average Bonchev–Trinajstić information content (AvgIpc) is 3.17. The molecule has 0 spiro atoms. The van der Waals surface area contributed by atoms with E-state index in [0.29, 0.717) is 23.1 Å². The Morgan fingerprint density at radius 1 is 1.04 bits per heavy atom. The Bertz CT molecular complexity index is 999. The van der Waals surface area contributed by atoms with E-state index < -0.39 is 0 Å². The van der Waals surface area contributed by atoms with Gasteiger partial charge in [0.25, 0.3) is 5.69 Å². The Labute approximate surface area is 164 Å². The highest BCUT2D eigenvalue weighted by molar-refractivity contribution is 5.86. The van der Waals surface area contributed by atoms with Crippen molar-refractivity contribution in [1.82, 2.24) is 0 Å². The van der Waals surface area contributed by atoms with E-state index >= 15 is 0 Å². The summed E-state index contributed by atoms with van der Waals surface area (Å²) in [7, 11) is 0. The van der Waals surface area contributed by atoms with E-state index in [1.807, 2.05) is 42.5 Å². The molecule has 3 atom stereocenters. The zero-order chi connectivity index (χ0) is 19.7. The molecule has 4 heteroatoms. The number of fused-ring (bicyclic) bond motifs is 1. The molecule has 3 aromatic carbocycles. The first-order chi connectivity index (χ1) is 13.5. The first kappa shape index (κ1) is 18.6.